The van der Waals surface area contributed by atoms with Crippen molar-refractivity contribution in [1.82, 2.24) is 9.97 Å². The first-order valence-corrected chi connectivity index (χ1v) is 9.64. The van der Waals surface area contributed by atoms with Gasteiger partial charge in [0.1, 0.15) is 11.6 Å². The number of benzene rings is 2. The molecular weight excluding hydrogens is 414 g/mol. The van der Waals surface area contributed by atoms with Gasteiger partial charge >= 0.3 is 5.97 Å². The summed E-state index contributed by atoms with van der Waals surface area (Å²) in [4.78, 5) is 20.3. The lowest BCUT2D eigenvalue weighted by Gasteiger charge is -2.16. The Morgan fingerprint density at radius 1 is 0.781 bits per heavy atom. The third-order valence-electron chi connectivity index (χ3n) is 5.11. The molecule has 0 bridgehead atoms. The Bertz CT molecular complexity index is 1450. The number of halogens is 2. The van der Waals surface area contributed by atoms with Crippen LogP contribution in [0.25, 0.3) is 44.6 Å². The number of rotatable bonds is 4. The van der Waals surface area contributed by atoms with Gasteiger partial charge in [-0.25, -0.2) is 18.6 Å². The average molecular weight is 428 g/mol. The summed E-state index contributed by atoms with van der Waals surface area (Å²) in [5.74, 6) is -2.30. The van der Waals surface area contributed by atoms with Crippen LogP contribution in [0.15, 0.2) is 83.5 Å². The molecule has 0 amide bonds. The highest BCUT2D eigenvalue weighted by Gasteiger charge is 2.23. The molecule has 0 atom stereocenters. The normalized spacial score (nSPS) is 11.1. The summed E-state index contributed by atoms with van der Waals surface area (Å²) in [5.41, 5.74) is 3.87. The molecule has 7 heteroatoms. The van der Waals surface area contributed by atoms with Crippen molar-refractivity contribution in [2.24, 2.45) is 0 Å². The topological polar surface area (TPSA) is 76.2 Å². The molecule has 0 radical (unpaired) electrons. The van der Waals surface area contributed by atoms with Crippen LogP contribution in [-0.4, -0.2) is 21.0 Å². The maximum Gasteiger partial charge on any atom is 0.371 e. The van der Waals surface area contributed by atoms with Crippen molar-refractivity contribution < 1.29 is 23.1 Å². The monoisotopic (exact) mass is 428 g/mol. The van der Waals surface area contributed by atoms with Crippen LogP contribution in [0.4, 0.5) is 8.78 Å². The summed E-state index contributed by atoms with van der Waals surface area (Å²) in [6, 6.07) is 16.7. The predicted octanol–water partition coefficient (Wildman–Crippen LogP) is 6.20. The summed E-state index contributed by atoms with van der Waals surface area (Å²) in [6.07, 6.45) is 3.25. The predicted molar refractivity (Wildman–Crippen MR) is 115 cm³/mol. The number of fused-ring (bicyclic) bond motifs is 1. The number of hydrogen-bond donors (Lipinski definition) is 1. The van der Waals surface area contributed by atoms with Gasteiger partial charge in [0.25, 0.3) is 0 Å². The molecule has 0 aliphatic heterocycles. The lowest BCUT2D eigenvalue weighted by molar-refractivity contribution is 0.0664. The fraction of sp³-hybridized carbons (Fsp3) is 0. The smallest absolute Gasteiger partial charge is 0.371 e. The van der Waals surface area contributed by atoms with Gasteiger partial charge in [0.05, 0.1) is 5.69 Å². The molecule has 2 aromatic carbocycles. The second kappa shape index (κ2) is 7.70. The van der Waals surface area contributed by atoms with Gasteiger partial charge in [-0.15, -0.1) is 0 Å². The summed E-state index contributed by atoms with van der Waals surface area (Å²) in [7, 11) is 0. The van der Waals surface area contributed by atoms with Gasteiger partial charge < -0.3 is 9.52 Å². The Kier molecular flexibility index (Phi) is 4.71. The maximum atomic E-state index is 13.7. The van der Waals surface area contributed by atoms with Crippen LogP contribution >= 0.6 is 0 Å². The number of pyridine rings is 2. The van der Waals surface area contributed by atoms with E-state index in [2.05, 4.69) is 9.97 Å². The highest BCUT2D eigenvalue weighted by Crippen LogP contribution is 2.43. The number of furan rings is 1. The van der Waals surface area contributed by atoms with Gasteiger partial charge in [0, 0.05) is 40.5 Å². The molecule has 1 N–H and O–H groups in total. The quantitative estimate of drug-likeness (QED) is 0.369. The minimum Gasteiger partial charge on any atom is -0.475 e. The van der Waals surface area contributed by atoms with Crippen molar-refractivity contribution in [3.63, 3.8) is 0 Å². The molecular formula is C25H14F2N2O3. The molecule has 0 spiro atoms. The molecule has 0 saturated carbocycles. The van der Waals surface area contributed by atoms with Gasteiger partial charge in [-0.3, -0.25) is 4.98 Å². The van der Waals surface area contributed by atoms with Crippen LogP contribution in [0.2, 0.25) is 0 Å². The van der Waals surface area contributed by atoms with E-state index in [0.717, 1.165) is 5.56 Å². The number of carboxylic acids is 1. The largest absolute Gasteiger partial charge is 0.475 e. The summed E-state index contributed by atoms with van der Waals surface area (Å²) in [6.45, 7) is 0. The van der Waals surface area contributed by atoms with E-state index >= 15 is 0 Å². The van der Waals surface area contributed by atoms with Crippen LogP contribution in [0, 0.1) is 11.6 Å². The first-order chi connectivity index (χ1) is 15.5. The van der Waals surface area contributed by atoms with Crippen LogP contribution in [0.1, 0.15) is 10.6 Å². The van der Waals surface area contributed by atoms with E-state index < -0.39 is 17.6 Å². The molecule has 0 aliphatic carbocycles. The minimum absolute atomic E-state index is 0.110. The zero-order valence-electron chi connectivity index (χ0n) is 16.4. The molecule has 0 aliphatic rings. The van der Waals surface area contributed by atoms with Crippen LogP contribution in [0.3, 0.4) is 0 Å². The van der Waals surface area contributed by atoms with Crippen molar-refractivity contribution >= 4 is 17.1 Å². The first-order valence-electron chi connectivity index (χ1n) is 9.64. The Balaban J connectivity index is 1.95. The molecule has 32 heavy (non-hydrogen) atoms. The Morgan fingerprint density at radius 2 is 1.34 bits per heavy atom. The summed E-state index contributed by atoms with van der Waals surface area (Å²) in [5, 5.41) is 9.93. The molecule has 0 saturated heterocycles. The van der Waals surface area contributed by atoms with Crippen molar-refractivity contribution in [3.05, 3.63) is 96.5 Å². The van der Waals surface area contributed by atoms with E-state index in [4.69, 9.17) is 4.42 Å². The van der Waals surface area contributed by atoms with Crippen molar-refractivity contribution in [2.75, 3.05) is 0 Å². The highest BCUT2D eigenvalue weighted by atomic mass is 19.1. The lowest BCUT2D eigenvalue weighted by atomic mass is 9.89. The molecule has 0 unspecified atom stereocenters. The second-order valence-electron chi connectivity index (χ2n) is 7.09. The van der Waals surface area contributed by atoms with E-state index in [1.54, 1.807) is 48.8 Å². The van der Waals surface area contributed by atoms with Crippen molar-refractivity contribution in [2.45, 2.75) is 0 Å². The van der Waals surface area contributed by atoms with Crippen molar-refractivity contribution in [1.29, 1.82) is 0 Å². The summed E-state index contributed by atoms with van der Waals surface area (Å²) < 4.78 is 32.8. The van der Waals surface area contributed by atoms with E-state index in [-0.39, 0.29) is 11.5 Å². The minimum atomic E-state index is -1.23. The zero-order valence-corrected chi connectivity index (χ0v) is 16.4. The van der Waals surface area contributed by atoms with Gasteiger partial charge in [-0.05, 0) is 59.7 Å². The van der Waals surface area contributed by atoms with E-state index in [9.17, 15) is 18.7 Å². The van der Waals surface area contributed by atoms with Gasteiger partial charge in [-0.2, -0.15) is 0 Å². The SMILES string of the molecule is O=C(O)c1cc2c(-c3ccc(F)cc3)c(-c3ccncc3)c(-c3ccc(F)cc3)nc2o1. The molecule has 5 rings (SSSR count). The lowest BCUT2D eigenvalue weighted by Crippen LogP contribution is -1.95. The van der Waals surface area contributed by atoms with Crippen LogP contribution in [-0.2, 0) is 0 Å². The first kappa shape index (κ1) is 19.6. The zero-order chi connectivity index (χ0) is 22.2. The highest BCUT2D eigenvalue weighted by molar-refractivity contribution is 6.07. The molecule has 0 fully saturated rings. The Morgan fingerprint density at radius 3 is 1.94 bits per heavy atom. The molecule has 5 aromatic rings. The number of carbonyl (C=O) groups is 1. The fourth-order valence-electron chi connectivity index (χ4n) is 3.69. The Labute approximate surface area is 180 Å². The van der Waals surface area contributed by atoms with Crippen LogP contribution in [0.5, 0.6) is 0 Å². The average Bonchev–Trinajstić information content (AvgIpc) is 3.24. The van der Waals surface area contributed by atoms with Gasteiger partial charge in [0.2, 0.25) is 11.5 Å². The molecule has 3 heterocycles. The molecule has 156 valence electrons. The number of aromatic nitrogens is 2. The molecule has 5 nitrogen and oxygen atoms in total. The van der Waals surface area contributed by atoms with Gasteiger partial charge in [0.15, 0.2) is 0 Å². The maximum absolute atomic E-state index is 13.7. The number of carboxylic acid groups (broad SMARTS) is 1. The number of aromatic carboxylic acids is 1. The third kappa shape index (κ3) is 3.39. The number of nitrogens with zero attached hydrogens (tertiary/aromatic N) is 2. The molecule has 3 aromatic heterocycles. The van der Waals surface area contributed by atoms with Crippen LogP contribution < -0.4 is 0 Å². The van der Waals surface area contributed by atoms with E-state index in [1.165, 1.54) is 30.3 Å². The fourth-order valence-corrected chi connectivity index (χ4v) is 3.69. The van der Waals surface area contributed by atoms with Gasteiger partial charge in [-0.1, -0.05) is 12.1 Å². The third-order valence-corrected chi connectivity index (χ3v) is 5.11. The standard InChI is InChI=1S/C25H14F2N2O3/c26-17-5-1-14(2-6-17)21-19-13-20(25(30)31)32-24(19)29-23(16-3-7-18(27)8-4-16)22(21)15-9-11-28-12-10-15/h1-13H,(H,30,31). The van der Waals surface area contributed by atoms with E-state index in [0.29, 0.717) is 33.3 Å². The Hall–Kier alpha value is -4.39. The second-order valence-corrected chi connectivity index (χ2v) is 7.09. The summed E-state index contributed by atoms with van der Waals surface area (Å²) >= 11 is 0. The van der Waals surface area contributed by atoms with Crippen molar-refractivity contribution in [3.8, 4) is 33.5 Å². The van der Waals surface area contributed by atoms with E-state index in [1.807, 2.05) is 0 Å². The number of hydrogen-bond acceptors (Lipinski definition) is 4.